The summed E-state index contributed by atoms with van der Waals surface area (Å²) >= 11 is 0. The van der Waals surface area contributed by atoms with Gasteiger partial charge in [0.15, 0.2) is 0 Å². The summed E-state index contributed by atoms with van der Waals surface area (Å²) < 4.78 is 10.8. The van der Waals surface area contributed by atoms with Gasteiger partial charge in [-0.3, -0.25) is 9.69 Å². The van der Waals surface area contributed by atoms with Crippen molar-refractivity contribution in [1.29, 1.82) is 0 Å². The zero-order valence-electron chi connectivity index (χ0n) is 14.0. The standard InChI is InChI=1S/C15H30N2O6/c1-3-5-22-7-8-23-6-4-17-12(9-16-11(2)19)14(20)15(21)13(17)10-18/h12-15,18,20-21H,3-10H2,1-2H3,(H,16,19)/t12-,13?,14-,15-/m1/s1. The smallest absolute Gasteiger partial charge is 0.216 e. The van der Waals surface area contributed by atoms with Crippen molar-refractivity contribution in [1.82, 2.24) is 10.2 Å². The zero-order chi connectivity index (χ0) is 17.2. The summed E-state index contributed by atoms with van der Waals surface area (Å²) in [6, 6.07) is -1.02. The molecular weight excluding hydrogens is 304 g/mol. The molecule has 1 fully saturated rings. The Balaban J connectivity index is 2.44. The minimum atomic E-state index is -1.05. The molecule has 1 heterocycles. The maximum absolute atomic E-state index is 11.1. The van der Waals surface area contributed by atoms with E-state index < -0.39 is 24.3 Å². The summed E-state index contributed by atoms with van der Waals surface area (Å²) in [4.78, 5) is 12.9. The maximum Gasteiger partial charge on any atom is 0.216 e. The van der Waals surface area contributed by atoms with Gasteiger partial charge in [-0.25, -0.2) is 0 Å². The van der Waals surface area contributed by atoms with Gasteiger partial charge in [-0.15, -0.1) is 0 Å². The molecule has 4 atom stereocenters. The number of nitrogens with zero attached hydrogens (tertiary/aromatic N) is 1. The molecule has 0 bridgehead atoms. The molecular formula is C15H30N2O6. The Labute approximate surface area is 137 Å². The highest BCUT2D eigenvalue weighted by atomic mass is 16.5. The average molecular weight is 334 g/mol. The molecule has 0 saturated carbocycles. The number of aliphatic hydroxyl groups is 3. The second kappa shape index (κ2) is 10.9. The highest BCUT2D eigenvalue weighted by Crippen LogP contribution is 2.24. The van der Waals surface area contributed by atoms with E-state index in [0.717, 1.165) is 6.42 Å². The van der Waals surface area contributed by atoms with Gasteiger partial charge in [0, 0.05) is 26.6 Å². The lowest BCUT2D eigenvalue weighted by Gasteiger charge is -2.29. The molecule has 0 aliphatic carbocycles. The molecule has 136 valence electrons. The van der Waals surface area contributed by atoms with Gasteiger partial charge in [0.05, 0.1) is 50.7 Å². The summed E-state index contributed by atoms with van der Waals surface area (Å²) in [5.41, 5.74) is 0. The molecule has 8 nitrogen and oxygen atoms in total. The molecule has 0 aromatic rings. The van der Waals surface area contributed by atoms with Crippen LogP contribution >= 0.6 is 0 Å². The van der Waals surface area contributed by atoms with Crippen molar-refractivity contribution in [3.8, 4) is 0 Å². The molecule has 0 aromatic carbocycles. The van der Waals surface area contributed by atoms with Crippen LogP contribution in [0.3, 0.4) is 0 Å². The Kier molecular flexibility index (Phi) is 9.61. The predicted octanol–water partition coefficient (Wildman–Crippen LogP) is -1.67. The predicted molar refractivity (Wildman–Crippen MR) is 84.0 cm³/mol. The first-order chi connectivity index (χ1) is 11.0. The molecule has 0 radical (unpaired) electrons. The highest BCUT2D eigenvalue weighted by molar-refractivity contribution is 5.72. The van der Waals surface area contributed by atoms with Crippen LogP contribution in [0.5, 0.6) is 0 Å². The first-order valence-corrected chi connectivity index (χ1v) is 8.15. The number of hydrogen-bond donors (Lipinski definition) is 4. The van der Waals surface area contributed by atoms with Crippen LogP contribution in [0, 0.1) is 0 Å². The first-order valence-electron chi connectivity index (χ1n) is 8.15. The highest BCUT2D eigenvalue weighted by Gasteiger charge is 2.46. The largest absolute Gasteiger partial charge is 0.395 e. The van der Waals surface area contributed by atoms with E-state index in [9.17, 15) is 20.1 Å². The number of carbonyl (C=O) groups is 1. The van der Waals surface area contributed by atoms with Crippen LogP contribution < -0.4 is 5.32 Å². The summed E-state index contributed by atoms with van der Waals surface area (Å²) in [6.45, 7) is 5.91. The first kappa shape index (κ1) is 20.3. The van der Waals surface area contributed by atoms with E-state index in [2.05, 4.69) is 5.32 Å². The van der Waals surface area contributed by atoms with Crippen molar-refractivity contribution in [3.05, 3.63) is 0 Å². The molecule has 1 aliphatic rings. The van der Waals surface area contributed by atoms with Gasteiger partial charge in [0.1, 0.15) is 0 Å². The van der Waals surface area contributed by atoms with Crippen molar-refractivity contribution < 1.29 is 29.6 Å². The third kappa shape index (κ3) is 6.33. The fourth-order valence-electron chi connectivity index (χ4n) is 2.76. The molecule has 0 spiro atoms. The Bertz CT molecular complexity index is 344. The van der Waals surface area contributed by atoms with Crippen LogP contribution in [0.25, 0.3) is 0 Å². The second-order valence-electron chi connectivity index (χ2n) is 5.70. The quantitative estimate of drug-likeness (QED) is 0.334. The number of hydrogen-bond acceptors (Lipinski definition) is 7. The monoisotopic (exact) mass is 334 g/mol. The molecule has 1 unspecified atom stereocenters. The van der Waals surface area contributed by atoms with Crippen LogP contribution in [0.1, 0.15) is 20.3 Å². The molecule has 1 saturated heterocycles. The van der Waals surface area contributed by atoms with Gasteiger partial charge >= 0.3 is 0 Å². The number of ether oxygens (including phenoxy) is 2. The average Bonchev–Trinajstić information content (AvgIpc) is 2.75. The van der Waals surface area contributed by atoms with Crippen LogP contribution in [-0.2, 0) is 14.3 Å². The minimum absolute atomic E-state index is 0.205. The zero-order valence-corrected chi connectivity index (χ0v) is 14.0. The Morgan fingerprint density at radius 2 is 1.70 bits per heavy atom. The minimum Gasteiger partial charge on any atom is -0.395 e. The molecule has 8 heteroatoms. The summed E-state index contributed by atoms with van der Waals surface area (Å²) in [5.74, 6) is -0.205. The fourth-order valence-corrected chi connectivity index (χ4v) is 2.76. The number of rotatable bonds is 11. The van der Waals surface area contributed by atoms with E-state index in [1.54, 1.807) is 4.90 Å². The third-order valence-electron chi connectivity index (χ3n) is 3.95. The van der Waals surface area contributed by atoms with Crippen molar-refractivity contribution in [2.75, 3.05) is 46.1 Å². The van der Waals surface area contributed by atoms with E-state index in [1.165, 1.54) is 6.92 Å². The van der Waals surface area contributed by atoms with E-state index in [0.29, 0.717) is 33.0 Å². The number of carbonyl (C=O) groups excluding carboxylic acids is 1. The molecule has 23 heavy (non-hydrogen) atoms. The van der Waals surface area contributed by atoms with Gasteiger partial charge in [-0.1, -0.05) is 6.92 Å². The Hall–Kier alpha value is -0.770. The second-order valence-corrected chi connectivity index (χ2v) is 5.70. The van der Waals surface area contributed by atoms with Crippen molar-refractivity contribution in [2.45, 2.75) is 44.6 Å². The summed E-state index contributed by atoms with van der Waals surface area (Å²) in [5, 5.41) is 32.3. The van der Waals surface area contributed by atoms with Gasteiger partial charge in [0.2, 0.25) is 5.91 Å². The van der Waals surface area contributed by atoms with Crippen LogP contribution in [0.4, 0.5) is 0 Å². The number of nitrogens with one attached hydrogen (secondary N) is 1. The van der Waals surface area contributed by atoms with E-state index in [4.69, 9.17) is 9.47 Å². The van der Waals surface area contributed by atoms with Gasteiger partial charge in [-0.2, -0.15) is 0 Å². The van der Waals surface area contributed by atoms with Crippen molar-refractivity contribution in [2.24, 2.45) is 0 Å². The summed E-state index contributed by atoms with van der Waals surface area (Å²) in [6.07, 6.45) is -1.11. The fraction of sp³-hybridized carbons (Fsp3) is 0.933. The lowest BCUT2D eigenvalue weighted by molar-refractivity contribution is -0.119. The van der Waals surface area contributed by atoms with E-state index in [-0.39, 0.29) is 19.1 Å². The lowest BCUT2D eigenvalue weighted by Crippen LogP contribution is -2.48. The molecule has 4 N–H and O–H groups in total. The summed E-state index contributed by atoms with van der Waals surface area (Å²) in [7, 11) is 0. The van der Waals surface area contributed by atoms with Gasteiger partial charge in [-0.05, 0) is 6.42 Å². The number of likely N-dealkylation sites (tertiary alicyclic amines) is 1. The lowest BCUT2D eigenvalue weighted by atomic mass is 10.1. The SMILES string of the molecule is CCCOCCOCCN1C(CO)[C@@H](O)[C@H](O)[C@H]1CNC(C)=O. The third-order valence-corrected chi connectivity index (χ3v) is 3.95. The normalized spacial score (nSPS) is 28.2. The maximum atomic E-state index is 11.1. The Morgan fingerprint density at radius 3 is 2.26 bits per heavy atom. The number of aliphatic hydroxyl groups excluding tert-OH is 3. The van der Waals surface area contributed by atoms with Crippen molar-refractivity contribution >= 4 is 5.91 Å². The van der Waals surface area contributed by atoms with Crippen molar-refractivity contribution in [3.63, 3.8) is 0 Å². The van der Waals surface area contributed by atoms with Gasteiger partial charge in [0.25, 0.3) is 0 Å². The molecule has 0 aromatic heterocycles. The molecule has 1 aliphatic heterocycles. The number of amides is 1. The van der Waals surface area contributed by atoms with E-state index in [1.807, 2.05) is 6.92 Å². The van der Waals surface area contributed by atoms with E-state index >= 15 is 0 Å². The van der Waals surface area contributed by atoms with Crippen LogP contribution in [-0.4, -0.2) is 96.5 Å². The van der Waals surface area contributed by atoms with Crippen LogP contribution in [0.15, 0.2) is 0 Å². The van der Waals surface area contributed by atoms with Crippen LogP contribution in [0.2, 0.25) is 0 Å². The Morgan fingerprint density at radius 1 is 1.09 bits per heavy atom. The topological polar surface area (TPSA) is 111 Å². The molecule has 1 amide bonds. The van der Waals surface area contributed by atoms with Gasteiger partial charge < -0.3 is 30.1 Å². The molecule has 1 rings (SSSR count).